The molecule has 1 aliphatic rings. The van der Waals surface area contributed by atoms with Crippen LogP contribution in [0.5, 0.6) is 0 Å². The first-order valence-corrected chi connectivity index (χ1v) is 11.6. The predicted octanol–water partition coefficient (Wildman–Crippen LogP) is 6.18. The van der Waals surface area contributed by atoms with Crippen molar-refractivity contribution >= 4 is 46.9 Å². The van der Waals surface area contributed by atoms with E-state index < -0.39 is 0 Å². The Balaban J connectivity index is 1.42. The molecular weight excluding hydrogens is 440 g/mol. The quantitative estimate of drug-likeness (QED) is 0.430. The van der Waals surface area contributed by atoms with E-state index in [0.717, 1.165) is 23.3 Å². The maximum atomic E-state index is 12.7. The minimum absolute atomic E-state index is 0.0351. The van der Waals surface area contributed by atoms with E-state index in [-0.39, 0.29) is 17.9 Å². The molecule has 2 amide bonds. The summed E-state index contributed by atoms with van der Waals surface area (Å²) in [6.07, 6.45) is 3.53. The van der Waals surface area contributed by atoms with Crippen LogP contribution in [0.15, 0.2) is 82.6 Å². The molecule has 0 spiro atoms. The summed E-state index contributed by atoms with van der Waals surface area (Å²) < 4.78 is 0. The highest BCUT2D eigenvalue weighted by atomic mass is 35.5. The van der Waals surface area contributed by atoms with E-state index in [1.54, 1.807) is 24.3 Å². The number of carbonyl (C=O) groups is 2. The van der Waals surface area contributed by atoms with Crippen LogP contribution >= 0.6 is 23.4 Å². The molecule has 6 heteroatoms. The Morgan fingerprint density at radius 1 is 1.09 bits per heavy atom. The summed E-state index contributed by atoms with van der Waals surface area (Å²) in [5.74, 6) is -0.360. The first-order valence-electron chi connectivity index (χ1n) is 10.4. The average Bonchev–Trinajstić information content (AvgIpc) is 2.80. The van der Waals surface area contributed by atoms with Crippen LogP contribution in [0.25, 0.3) is 6.08 Å². The number of hydrogen-bond acceptors (Lipinski definition) is 3. The van der Waals surface area contributed by atoms with Gasteiger partial charge in [0.1, 0.15) is 0 Å². The van der Waals surface area contributed by atoms with Gasteiger partial charge < -0.3 is 10.6 Å². The number of benzene rings is 3. The van der Waals surface area contributed by atoms with E-state index in [4.69, 9.17) is 11.6 Å². The number of halogens is 1. The van der Waals surface area contributed by atoms with Crippen molar-refractivity contribution in [3.8, 4) is 0 Å². The zero-order valence-corrected chi connectivity index (χ0v) is 19.2. The van der Waals surface area contributed by atoms with E-state index in [9.17, 15) is 9.59 Å². The van der Waals surface area contributed by atoms with Gasteiger partial charge in [0, 0.05) is 21.5 Å². The number of thioether (sulfide) groups is 1. The highest BCUT2D eigenvalue weighted by Gasteiger charge is 2.23. The monoisotopic (exact) mass is 462 g/mol. The molecule has 0 saturated carbocycles. The molecule has 0 bridgehead atoms. The van der Waals surface area contributed by atoms with Crippen molar-refractivity contribution in [2.24, 2.45) is 0 Å². The lowest BCUT2D eigenvalue weighted by Gasteiger charge is -2.20. The molecule has 0 unspecified atom stereocenters. The van der Waals surface area contributed by atoms with Crippen molar-refractivity contribution in [2.75, 3.05) is 5.32 Å². The fourth-order valence-electron chi connectivity index (χ4n) is 3.44. The van der Waals surface area contributed by atoms with E-state index in [1.165, 1.54) is 17.3 Å². The Bertz CT molecular complexity index is 1180. The minimum atomic E-state index is -0.212. The van der Waals surface area contributed by atoms with Gasteiger partial charge in [0.05, 0.1) is 10.6 Å². The molecule has 4 rings (SSSR count). The topological polar surface area (TPSA) is 58.2 Å². The lowest BCUT2D eigenvalue weighted by molar-refractivity contribution is -0.112. The first kappa shape index (κ1) is 22.2. The van der Waals surface area contributed by atoms with Gasteiger partial charge in [0.25, 0.3) is 11.8 Å². The molecule has 4 nitrogen and oxygen atoms in total. The van der Waals surface area contributed by atoms with Gasteiger partial charge in [-0.25, -0.2) is 0 Å². The number of carbonyl (C=O) groups excluding carboxylic acids is 2. The number of nitrogens with one attached hydrogen (secondary N) is 2. The van der Waals surface area contributed by atoms with Gasteiger partial charge in [-0.1, -0.05) is 71.9 Å². The Morgan fingerprint density at radius 3 is 2.62 bits per heavy atom. The van der Waals surface area contributed by atoms with Crippen LogP contribution in [0.4, 0.5) is 5.69 Å². The van der Waals surface area contributed by atoms with Gasteiger partial charge in [-0.2, -0.15) is 0 Å². The number of anilines is 1. The lowest BCUT2D eigenvalue weighted by Crippen LogP contribution is -2.33. The SMILES string of the molecule is C[C@@H](CCc1ccccc1)NC(=O)c1ccc2c(c1)NC(=O)/C(=C\c1ccccc1Cl)S2. The molecule has 0 aliphatic carbocycles. The van der Waals surface area contributed by atoms with E-state index in [1.807, 2.05) is 49.4 Å². The molecule has 0 saturated heterocycles. The average molecular weight is 463 g/mol. The molecule has 0 fully saturated rings. The molecule has 1 aliphatic heterocycles. The normalized spacial score (nSPS) is 15.1. The number of rotatable bonds is 6. The summed E-state index contributed by atoms with van der Waals surface area (Å²) in [6, 6.07) is 23.0. The molecule has 32 heavy (non-hydrogen) atoms. The highest BCUT2D eigenvalue weighted by molar-refractivity contribution is 8.04. The summed E-state index contributed by atoms with van der Waals surface area (Å²) in [6.45, 7) is 2.00. The van der Waals surface area contributed by atoms with Crippen LogP contribution in [0, 0.1) is 0 Å². The number of aryl methyl sites for hydroxylation is 1. The van der Waals surface area contributed by atoms with Gasteiger partial charge in [-0.3, -0.25) is 9.59 Å². The van der Waals surface area contributed by atoms with Gasteiger partial charge in [-0.15, -0.1) is 0 Å². The molecule has 0 radical (unpaired) electrons. The van der Waals surface area contributed by atoms with Crippen molar-refractivity contribution in [1.29, 1.82) is 0 Å². The van der Waals surface area contributed by atoms with E-state index >= 15 is 0 Å². The van der Waals surface area contributed by atoms with Gasteiger partial charge in [0.2, 0.25) is 0 Å². The fraction of sp³-hybridized carbons (Fsp3) is 0.154. The summed E-state index contributed by atoms with van der Waals surface area (Å²) in [7, 11) is 0. The van der Waals surface area contributed by atoms with Crippen molar-refractivity contribution in [3.05, 3.63) is 99.4 Å². The van der Waals surface area contributed by atoms with Crippen molar-refractivity contribution in [3.63, 3.8) is 0 Å². The molecule has 1 atom stereocenters. The second-order valence-electron chi connectivity index (χ2n) is 7.70. The van der Waals surface area contributed by atoms with E-state index in [0.29, 0.717) is 21.2 Å². The van der Waals surface area contributed by atoms with Crippen molar-refractivity contribution in [1.82, 2.24) is 5.32 Å². The third-order valence-electron chi connectivity index (χ3n) is 5.21. The van der Waals surface area contributed by atoms with Crippen molar-refractivity contribution in [2.45, 2.75) is 30.7 Å². The lowest BCUT2D eigenvalue weighted by atomic mass is 10.1. The minimum Gasteiger partial charge on any atom is -0.350 e. The number of hydrogen-bond donors (Lipinski definition) is 2. The van der Waals surface area contributed by atoms with E-state index in [2.05, 4.69) is 22.8 Å². The standard InChI is InChI=1S/C26H23ClN2O2S/c1-17(11-12-18-7-3-2-4-8-18)28-25(30)20-13-14-23-22(15-20)29-26(31)24(32-23)16-19-9-5-6-10-21(19)27/h2-10,13-17H,11-12H2,1H3,(H,28,30)(H,29,31)/b24-16+/t17-/m0/s1. The van der Waals surface area contributed by atoms with Crippen LogP contribution in [0.1, 0.15) is 34.8 Å². The molecule has 2 N–H and O–H groups in total. The third-order valence-corrected chi connectivity index (χ3v) is 6.66. The Labute approximate surface area is 197 Å². The predicted molar refractivity (Wildman–Crippen MR) is 132 cm³/mol. The maximum Gasteiger partial charge on any atom is 0.262 e. The number of fused-ring (bicyclic) bond motifs is 1. The fourth-order valence-corrected chi connectivity index (χ4v) is 4.56. The van der Waals surface area contributed by atoms with Crippen LogP contribution in [-0.2, 0) is 11.2 Å². The van der Waals surface area contributed by atoms with Crippen LogP contribution in [-0.4, -0.2) is 17.9 Å². The molecular formula is C26H23ClN2O2S. The van der Waals surface area contributed by atoms with Crippen LogP contribution in [0.2, 0.25) is 5.02 Å². The molecule has 1 heterocycles. The largest absolute Gasteiger partial charge is 0.350 e. The summed E-state index contributed by atoms with van der Waals surface area (Å²) in [5, 5.41) is 6.53. The van der Waals surface area contributed by atoms with Crippen LogP contribution < -0.4 is 10.6 Å². The third kappa shape index (κ3) is 5.42. The highest BCUT2D eigenvalue weighted by Crippen LogP contribution is 2.39. The Morgan fingerprint density at radius 2 is 1.84 bits per heavy atom. The second kappa shape index (κ2) is 10.1. The zero-order chi connectivity index (χ0) is 22.5. The number of amides is 2. The van der Waals surface area contributed by atoms with Crippen molar-refractivity contribution < 1.29 is 9.59 Å². The zero-order valence-electron chi connectivity index (χ0n) is 17.6. The molecule has 162 valence electrons. The smallest absolute Gasteiger partial charge is 0.262 e. The van der Waals surface area contributed by atoms with Crippen LogP contribution in [0.3, 0.4) is 0 Å². The Hall–Kier alpha value is -3.02. The molecule has 0 aromatic heterocycles. The molecule has 3 aromatic rings. The van der Waals surface area contributed by atoms with Gasteiger partial charge >= 0.3 is 0 Å². The summed E-state index contributed by atoms with van der Waals surface area (Å²) in [4.78, 5) is 26.8. The second-order valence-corrected chi connectivity index (χ2v) is 9.19. The maximum absolute atomic E-state index is 12.7. The summed E-state index contributed by atoms with van der Waals surface area (Å²) in [5.41, 5.74) is 3.20. The summed E-state index contributed by atoms with van der Waals surface area (Å²) >= 11 is 7.58. The van der Waals surface area contributed by atoms with Gasteiger partial charge in [-0.05, 0) is 61.2 Å². The molecule has 3 aromatic carbocycles. The van der Waals surface area contributed by atoms with Gasteiger partial charge in [0.15, 0.2) is 0 Å². The first-order chi connectivity index (χ1) is 15.5. The Kier molecular flexibility index (Phi) is 6.98.